The molecule has 0 radical (unpaired) electrons. The van der Waals surface area contributed by atoms with E-state index in [0.717, 1.165) is 69.3 Å². The molecule has 20 nitrogen and oxygen atoms in total. The highest BCUT2D eigenvalue weighted by Crippen LogP contribution is 2.28. The number of aromatic nitrogens is 8. The molecule has 2 saturated heterocycles. The minimum atomic E-state index is -4.76. The maximum Gasteiger partial charge on any atom is 0.573 e. The number of carbonyl (C=O) groups excluding carboxylic acids is 2. The van der Waals surface area contributed by atoms with Gasteiger partial charge in [0.25, 0.3) is 5.89 Å². The molecular weight excluding hydrogens is 983 g/mol. The van der Waals surface area contributed by atoms with Gasteiger partial charge in [-0.25, -0.2) is 19.3 Å². The largest absolute Gasteiger partial charge is 0.573 e. The summed E-state index contributed by atoms with van der Waals surface area (Å²) in [5.41, 5.74) is 10.7. The van der Waals surface area contributed by atoms with Crippen molar-refractivity contribution in [2.24, 2.45) is 10.9 Å². The molecule has 26 heteroatoms. The monoisotopic (exact) mass is 1030 g/mol. The molecule has 392 valence electrons. The number of amidine groups is 1. The third kappa shape index (κ3) is 16.6. The summed E-state index contributed by atoms with van der Waals surface area (Å²) >= 11 is 0. The van der Waals surface area contributed by atoms with E-state index in [9.17, 15) is 26.3 Å². The third-order valence-electron chi connectivity index (χ3n) is 11.2. The van der Waals surface area contributed by atoms with Gasteiger partial charge in [-0.2, -0.15) is 14.6 Å². The minimum absolute atomic E-state index is 0.0805. The van der Waals surface area contributed by atoms with Crippen molar-refractivity contribution in [3.05, 3.63) is 132 Å². The van der Waals surface area contributed by atoms with E-state index in [1.54, 1.807) is 15.4 Å². The average molecular weight is 1040 g/mol. The highest BCUT2D eigenvalue weighted by molar-refractivity contribution is 5.93. The number of anilines is 2. The van der Waals surface area contributed by atoms with E-state index < -0.39 is 12.7 Å². The Labute approximate surface area is 420 Å². The quantitative estimate of drug-likeness (QED) is 0.0465. The van der Waals surface area contributed by atoms with Gasteiger partial charge in [0.05, 0.1) is 13.1 Å². The Bertz CT molecular complexity index is 2930. The molecule has 0 aliphatic carbocycles. The summed E-state index contributed by atoms with van der Waals surface area (Å²) in [6, 6.07) is 29.1. The summed E-state index contributed by atoms with van der Waals surface area (Å²) in [7, 11) is 4.29. The first-order valence-electron chi connectivity index (χ1n) is 22.7. The van der Waals surface area contributed by atoms with Crippen LogP contribution in [0.5, 0.6) is 11.5 Å². The van der Waals surface area contributed by atoms with Crippen LogP contribution in [0.2, 0.25) is 0 Å². The van der Waals surface area contributed by atoms with Gasteiger partial charge in [0.15, 0.2) is 0 Å². The van der Waals surface area contributed by atoms with Crippen molar-refractivity contribution in [3.63, 3.8) is 0 Å². The minimum Gasteiger partial charge on any atom is -0.409 e. The maximum atomic E-state index is 12.4. The second kappa shape index (κ2) is 25.3. The SMILES string of the molecule is Cc1nc(-c2noc(-c3ccc(OC(F)(F)F)cc3)n2)nn1Cc1cccc(N2CCN(C)CC2)c1.Cc1nc(/C(N)=N/O)nn1Cc1cccc(N2CCN(C)CC2)c1.FC(F)(F)Oc1ccccc1.O=C=O. The second-order valence-electron chi connectivity index (χ2n) is 16.6. The molecule has 2 aliphatic rings. The molecular formula is C48H52F6N14O6. The van der Waals surface area contributed by atoms with Gasteiger partial charge in [-0.15, -0.1) is 36.5 Å². The molecule has 2 aliphatic heterocycles. The van der Waals surface area contributed by atoms with Crippen LogP contribution in [0.25, 0.3) is 23.1 Å². The Morgan fingerprint density at radius 2 is 1.12 bits per heavy atom. The van der Waals surface area contributed by atoms with Crippen molar-refractivity contribution >= 4 is 23.4 Å². The number of piperazine rings is 2. The summed E-state index contributed by atoms with van der Waals surface area (Å²) in [5.74, 6) is 1.67. The van der Waals surface area contributed by atoms with E-state index in [4.69, 9.17) is 25.1 Å². The molecule has 7 aromatic rings. The Morgan fingerprint density at radius 3 is 1.61 bits per heavy atom. The number of likely N-dealkylation sites (N-methyl/N-ethyl adjacent to an activating group) is 2. The average Bonchev–Trinajstić information content (AvgIpc) is 4.11. The van der Waals surface area contributed by atoms with Crippen LogP contribution in [0.3, 0.4) is 0 Å². The number of benzene rings is 4. The van der Waals surface area contributed by atoms with Crippen LogP contribution in [0.4, 0.5) is 37.7 Å². The highest BCUT2D eigenvalue weighted by Gasteiger charge is 2.32. The summed E-state index contributed by atoms with van der Waals surface area (Å²) < 4.78 is 88.0. The first-order valence-corrected chi connectivity index (χ1v) is 22.7. The predicted octanol–water partition coefficient (Wildman–Crippen LogP) is 6.49. The molecule has 0 saturated carbocycles. The number of hydrogen-bond acceptors (Lipinski definition) is 17. The van der Waals surface area contributed by atoms with Crippen LogP contribution in [0.1, 0.15) is 28.6 Å². The number of nitrogens with two attached hydrogens (primary N) is 1. The number of oxime groups is 1. The lowest BCUT2D eigenvalue weighted by molar-refractivity contribution is -0.275. The molecule has 5 heterocycles. The van der Waals surface area contributed by atoms with E-state index in [0.29, 0.717) is 30.3 Å². The number of nitrogens with zero attached hydrogens (tertiary/aromatic N) is 13. The Morgan fingerprint density at radius 1 is 0.649 bits per heavy atom. The second-order valence-corrected chi connectivity index (χ2v) is 16.6. The van der Waals surface area contributed by atoms with Gasteiger partial charge < -0.3 is 44.5 Å². The van der Waals surface area contributed by atoms with Gasteiger partial charge in [-0.05, 0) is 99.7 Å². The van der Waals surface area contributed by atoms with Gasteiger partial charge in [-0.1, -0.05) is 52.8 Å². The Hall–Kier alpha value is -8.35. The Balaban J connectivity index is 0.000000200. The molecule has 0 spiro atoms. The lowest BCUT2D eigenvalue weighted by Crippen LogP contribution is -2.44. The number of halogens is 6. The van der Waals surface area contributed by atoms with Gasteiger partial charge in [0, 0.05) is 69.3 Å². The third-order valence-corrected chi connectivity index (χ3v) is 11.2. The zero-order valence-electron chi connectivity index (χ0n) is 40.5. The molecule has 2 fully saturated rings. The van der Waals surface area contributed by atoms with E-state index >= 15 is 0 Å². The van der Waals surface area contributed by atoms with Gasteiger partial charge >= 0.3 is 18.9 Å². The fraction of sp³-hybridized carbons (Fsp3) is 0.333. The maximum absolute atomic E-state index is 12.4. The smallest absolute Gasteiger partial charge is 0.409 e. The standard InChI is InChI=1S/C24H24F3N7O2.C16H23N7O.C7H5F3O.CO2/c1-16-28-21(22-29-23(36-31-22)18-6-8-20(9-7-18)35-24(25,26)27)30-34(16)15-17-4-3-5-19(14-17)33-12-10-32(2)11-13-33;1-12-18-16(15(17)20-24)19-23(12)11-13-4-3-5-14(10-13)22-8-6-21(2)7-9-22;8-7(9,10)11-6-4-2-1-3-5-6;2-1-3/h3-9,14H,10-13,15H2,1-2H3;3-5,10,24H,6-9,11H2,1-2H3,(H2,17,20);1-5H;. The van der Waals surface area contributed by atoms with E-state index in [-0.39, 0.29) is 41.0 Å². The number of hydrogen-bond donors (Lipinski definition) is 2. The van der Waals surface area contributed by atoms with Gasteiger partial charge in [-0.3, -0.25) is 0 Å². The zero-order chi connectivity index (χ0) is 53.4. The Kier molecular flexibility index (Phi) is 18.8. The molecule has 3 aromatic heterocycles. The van der Waals surface area contributed by atoms with Crippen molar-refractivity contribution in [1.82, 2.24) is 49.5 Å². The topological polar surface area (TPSA) is 225 Å². The molecule has 0 unspecified atom stereocenters. The summed E-state index contributed by atoms with van der Waals surface area (Å²) in [5, 5.41) is 24.5. The molecule has 0 bridgehead atoms. The van der Waals surface area contributed by atoms with Crippen LogP contribution in [0.15, 0.2) is 113 Å². The van der Waals surface area contributed by atoms with Crippen molar-refractivity contribution in [2.45, 2.75) is 39.7 Å². The van der Waals surface area contributed by atoms with E-state index in [1.165, 1.54) is 59.9 Å². The van der Waals surface area contributed by atoms with Crippen molar-refractivity contribution in [2.75, 3.05) is 76.3 Å². The summed E-state index contributed by atoms with van der Waals surface area (Å²) in [4.78, 5) is 38.7. The predicted molar refractivity (Wildman–Crippen MR) is 256 cm³/mol. The fourth-order valence-electron chi connectivity index (χ4n) is 7.42. The molecule has 3 N–H and O–H groups in total. The van der Waals surface area contributed by atoms with Gasteiger partial charge in [0.2, 0.25) is 23.3 Å². The number of rotatable bonds is 11. The van der Waals surface area contributed by atoms with Crippen LogP contribution in [-0.4, -0.2) is 146 Å². The number of ether oxygens (including phenoxy) is 2. The lowest BCUT2D eigenvalue weighted by Gasteiger charge is -2.34. The van der Waals surface area contributed by atoms with Crippen LogP contribution >= 0.6 is 0 Å². The molecule has 74 heavy (non-hydrogen) atoms. The highest BCUT2D eigenvalue weighted by atomic mass is 19.4. The molecule has 0 amide bonds. The van der Waals surface area contributed by atoms with Crippen LogP contribution < -0.4 is 25.0 Å². The van der Waals surface area contributed by atoms with Crippen molar-refractivity contribution in [3.8, 4) is 34.6 Å². The van der Waals surface area contributed by atoms with Crippen LogP contribution in [0, 0.1) is 13.8 Å². The number of aryl methyl sites for hydroxylation is 2. The van der Waals surface area contributed by atoms with Crippen molar-refractivity contribution < 1.29 is 55.1 Å². The number of alkyl halides is 6. The fourth-order valence-corrected chi connectivity index (χ4v) is 7.42. The first-order chi connectivity index (χ1) is 35.3. The lowest BCUT2D eigenvalue weighted by atomic mass is 10.1. The molecule has 4 aromatic carbocycles. The van der Waals surface area contributed by atoms with Crippen LogP contribution in [-0.2, 0) is 22.7 Å². The first kappa shape index (κ1) is 55.0. The normalized spacial score (nSPS) is 14.4. The molecule has 0 atom stereocenters. The van der Waals surface area contributed by atoms with Crippen molar-refractivity contribution in [1.29, 1.82) is 0 Å². The molecule has 9 rings (SSSR count). The van der Waals surface area contributed by atoms with Gasteiger partial charge in [0.1, 0.15) is 23.1 Å². The summed E-state index contributed by atoms with van der Waals surface area (Å²) in [6.07, 6.45) is -9.10. The zero-order valence-corrected chi connectivity index (χ0v) is 40.5. The number of para-hydroxylation sites is 1. The van der Waals surface area contributed by atoms with E-state index in [1.807, 2.05) is 19.9 Å². The summed E-state index contributed by atoms with van der Waals surface area (Å²) in [6.45, 7) is 13.1. The van der Waals surface area contributed by atoms with E-state index in [2.05, 4.69) is 121 Å².